The molecule has 5 nitrogen and oxygen atoms in total. The van der Waals surface area contributed by atoms with E-state index < -0.39 is 12.0 Å². The van der Waals surface area contributed by atoms with Gasteiger partial charge >= 0.3 is 5.97 Å². The Kier molecular flexibility index (Phi) is 5.17. The number of nitrogens with two attached hydrogens (primary N) is 1. The first kappa shape index (κ1) is 14.0. The summed E-state index contributed by atoms with van der Waals surface area (Å²) in [7, 11) is 0. The first-order chi connectivity index (χ1) is 8.54. The van der Waals surface area contributed by atoms with Gasteiger partial charge in [-0.15, -0.1) is 0 Å². The molecule has 0 aliphatic heterocycles. The van der Waals surface area contributed by atoms with Gasteiger partial charge in [0.1, 0.15) is 6.04 Å². The highest BCUT2D eigenvalue weighted by molar-refractivity contribution is 5.86. The molecule has 0 aromatic heterocycles. The summed E-state index contributed by atoms with van der Waals surface area (Å²) in [5, 5.41) is 2.57. The summed E-state index contributed by atoms with van der Waals surface area (Å²) < 4.78 is 4.80. The second kappa shape index (κ2) is 6.64. The molecule has 1 atom stereocenters. The minimum Gasteiger partial charge on any atom is -0.464 e. The molecule has 0 radical (unpaired) electrons. The standard InChI is InChI=1S/C13H18N2O3/c1-3-18-13(17)9(2)15-12(16)8-10-6-4-5-7-11(10)14/h4-7,9H,3,8,14H2,1-2H3,(H,15,16). The molecular weight excluding hydrogens is 232 g/mol. The molecule has 5 heteroatoms. The Morgan fingerprint density at radius 3 is 2.67 bits per heavy atom. The lowest BCUT2D eigenvalue weighted by Gasteiger charge is -2.13. The normalized spacial score (nSPS) is 11.7. The molecule has 1 aromatic rings. The maximum atomic E-state index is 11.7. The van der Waals surface area contributed by atoms with Crippen molar-refractivity contribution in [3.05, 3.63) is 29.8 Å². The number of ether oxygens (including phenoxy) is 1. The predicted octanol–water partition coefficient (Wildman–Crippen LogP) is 0.879. The van der Waals surface area contributed by atoms with Crippen molar-refractivity contribution in [1.82, 2.24) is 5.32 Å². The van der Waals surface area contributed by atoms with E-state index in [0.717, 1.165) is 5.56 Å². The van der Waals surface area contributed by atoms with Gasteiger partial charge in [-0.25, -0.2) is 4.79 Å². The zero-order valence-electron chi connectivity index (χ0n) is 10.6. The van der Waals surface area contributed by atoms with Crippen LogP contribution >= 0.6 is 0 Å². The van der Waals surface area contributed by atoms with E-state index in [-0.39, 0.29) is 12.3 Å². The summed E-state index contributed by atoms with van der Waals surface area (Å²) >= 11 is 0. The molecule has 3 N–H and O–H groups in total. The highest BCUT2D eigenvalue weighted by Gasteiger charge is 2.16. The van der Waals surface area contributed by atoms with E-state index in [2.05, 4.69) is 5.32 Å². The molecule has 0 bridgehead atoms. The van der Waals surface area contributed by atoms with Crippen molar-refractivity contribution in [2.75, 3.05) is 12.3 Å². The molecule has 1 aromatic carbocycles. The van der Waals surface area contributed by atoms with Gasteiger partial charge in [0.2, 0.25) is 5.91 Å². The van der Waals surface area contributed by atoms with E-state index in [4.69, 9.17) is 10.5 Å². The molecule has 0 aliphatic carbocycles. The number of carbonyl (C=O) groups excluding carboxylic acids is 2. The minimum atomic E-state index is -0.651. The third-order valence-electron chi connectivity index (χ3n) is 2.42. The van der Waals surface area contributed by atoms with Gasteiger partial charge in [-0.1, -0.05) is 18.2 Å². The number of hydrogen-bond donors (Lipinski definition) is 2. The molecule has 0 fully saturated rings. The lowest BCUT2D eigenvalue weighted by molar-refractivity contribution is -0.146. The van der Waals surface area contributed by atoms with Crippen LogP contribution in [0.2, 0.25) is 0 Å². The van der Waals surface area contributed by atoms with Crippen LogP contribution in [0.4, 0.5) is 5.69 Å². The quantitative estimate of drug-likeness (QED) is 0.600. The zero-order chi connectivity index (χ0) is 13.5. The second-order valence-corrected chi connectivity index (χ2v) is 3.92. The number of nitrogens with one attached hydrogen (secondary N) is 1. The number of nitrogen functional groups attached to an aromatic ring is 1. The van der Waals surface area contributed by atoms with Crippen LogP contribution in [0.5, 0.6) is 0 Å². The maximum absolute atomic E-state index is 11.7. The molecule has 0 saturated heterocycles. The van der Waals surface area contributed by atoms with Gasteiger partial charge in [0.25, 0.3) is 0 Å². The van der Waals surface area contributed by atoms with Crippen LogP contribution in [0.15, 0.2) is 24.3 Å². The number of anilines is 1. The van der Waals surface area contributed by atoms with Crippen LogP contribution in [-0.4, -0.2) is 24.5 Å². The number of hydrogen-bond acceptors (Lipinski definition) is 4. The number of para-hydroxylation sites is 1. The smallest absolute Gasteiger partial charge is 0.328 e. The number of amides is 1. The van der Waals surface area contributed by atoms with Gasteiger partial charge in [0.15, 0.2) is 0 Å². The molecule has 0 heterocycles. The van der Waals surface area contributed by atoms with Gasteiger partial charge in [0, 0.05) is 5.69 Å². The lowest BCUT2D eigenvalue weighted by atomic mass is 10.1. The van der Waals surface area contributed by atoms with Gasteiger partial charge in [-0.2, -0.15) is 0 Å². The topological polar surface area (TPSA) is 81.4 Å². The van der Waals surface area contributed by atoms with Crippen molar-refractivity contribution < 1.29 is 14.3 Å². The Hall–Kier alpha value is -2.04. The fourth-order valence-corrected chi connectivity index (χ4v) is 1.49. The van der Waals surface area contributed by atoms with E-state index in [1.807, 2.05) is 6.07 Å². The monoisotopic (exact) mass is 250 g/mol. The van der Waals surface area contributed by atoms with Crippen LogP contribution in [0.1, 0.15) is 19.4 Å². The van der Waals surface area contributed by atoms with Gasteiger partial charge in [-0.3, -0.25) is 4.79 Å². The average Bonchev–Trinajstić information content (AvgIpc) is 2.32. The van der Waals surface area contributed by atoms with E-state index >= 15 is 0 Å². The summed E-state index contributed by atoms with van der Waals surface area (Å²) in [6.07, 6.45) is 0.149. The zero-order valence-corrected chi connectivity index (χ0v) is 10.6. The summed E-state index contributed by atoms with van der Waals surface area (Å²) in [6, 6.07) is 6.48. The van der Waals surface area contributed by atoms with E-state index in [1.165, 1.54) is 0 Å². The van der Waals surface area contributed by atoms with Crippen LogP contribution in [0, 0.1) is 0 Å². The van der Waals surface area contributed by atoms with Crippen LogP contribution < -0.4 is 11.1 Å². The first-order valence-corrected chi connectivity index (χ1v) is 5.84. The van der Waals surface area contributed by atoms with Crippen LogP contribution in [0.25, 0.3) is 0 Å². The molecule has 0 aliphatic rings. The van der Waals surface area contributed by atoms with Crippen LogP contribution in [-0.2, 0) is 20.7 Å². The van der Waals surface area contributed by atoms with Crippen molar-refractivity contribution in [2.45, 2.75) is 26.3 Å². The fourth-order valence-electron chi connectivity index (χ4n) is 1.49. The van der Waals surface area contributed by atoms with Gasteiger partial charge in [-0.05, 0) is 25.5 Å². The largest absolute Gasteiger partial charge is 0.464 e. The van der Waals surface area contributed by atoms with Crippen LogP contribution in [0.3, 0.4) is 0 Å². The molecule has 0 saturated carbocycles. The second-order valence-electron chi connectivity index (χ2n) is 3.92. The average molecular weight is 250 g/mol. The molecule has 18 heavy (non-hydrogen) atoms. The molecule has 1 unspecified atom stereocenters. The third kappa shape index (κ3) is 4.08. The Bertz CT molecular complexity index is 432. The van der Waals surface area contributed by atoms with Crippen molar-refractivity contribution in [3.63, 3.8) is 0 Å². The third-order valence-corrected chi connectivity index (χ3v) is 2.42. The number of carbonyl (C=O) groups is 2. The van der Waals surface area contributed by atoms with Crippen molar-refractivity contribution in [3.8, 4) is 0 Å². The molecule has 1 amide bonds. The maximum Gasteiger partial charge on any atom is 0.328 e. The summed E-state index contributed by atoms with van der Waals surface area (Å²) in [6.45, 7) is 3.60. The fraction of sp³-hybridized carbons (Fsp3) is 0.385. The van der Waals surface area contributed by atoms with Gasteiger partial charge in [0.05, 0.1) is 13.0 Å². The predicted molar refractivity (Wildman–Crippen MR) is 68.8 cm³/mol. The highest BCUT2D eigenvalue weighted by atomic mass is 16.5. The Labute approximate surface area is 106 Å². The SMILES string of the molecule is CCOC(=O)C(C)NC(=O)Cc1ccccc1N. The first-order valence-electron chi connectivity index (χ1n) is 5.84. The van der Waals surface area contributed by atoms with E-state index in [1.54, 1.807) is 32.0 Å². The number of rotatable bonds is 5. The Morgan fingerprint density at radius 1 is 1.39 bits per heavy atom. The number of benzene rings is 1. The Balaban J connectivity index is 2.52. The van der Waals surface area contributed by atoms with Crippen molar-refractivity contribution in [2.24, 2.45) is 0 Å². The molecule has 0 spiro atoms. The van der Waals surface area contributed by atoms with E-state index in [9.17, 15) is 9.59 Å². The molecule has 98 valence electrons. The van der Waals surface area contributed by atoms with Gasteiger partial charge < -0.3 is 15.8 Å². The molecular formula is C13H18N2O3. The Morgan fingerprint density at radius 2 is 2.06 bits per heavy atom. The number of esters is 1. The van der Waals surface area contributed by atoms with E-state index in [0.29, 0.717) is 12.3 Å². The van der Waals surface area contributed by atoms with Crippen molar-refractivity contribution >= 4 is 17.6 Å². The summed E-state index contributed by atoms with van der Waals surface area (Å²) in [5.74, 6) is -0.694. The summed E-state index contributed by atoms with van der Waals surface area (Å²) in [5.41, 5.74) is 7.04. The molecule has 1 rings (SSSR count). The highest BCUT2D eigenvalue weighted by Crippen LogP contribution is 2.10. The minimum absolute atomic E-state index is 0.149. The lowest BCUT2D eigenvalue weighted by Crippen LogP contribution is -2.40. The summed E-state index contributed by atoms with van der Waals surface area (Å²) in [4.78, 5) is 23.0. The van der Waals surface area contributed by atoms with Crippen molar-refractivity contribution in [1.29, 1.82) is 0 Å².